The Morgan fingerprint density at radius 1 is 0.783 bits per heavy atom. The van der Waals surface area contributed by atoms with Gasteiger partial charge in [0, 0.05) is 0 Å². The number of rotatable bonds is 2. The van der Waals surface area contributed by atoms with Crippen molar-refractivity contribution in [2.24, 2.45) is 0 Å². The molecule has 11 heteroatoms. The predicted octanol–water partition coefficient (Wildman–Crippen LogP) is 0.0108. The Balaban J connectivity index is 0.00000484. The maximum Gasteiger partial charge on any atom is 0.415 e. The number of anilines is 2. The van der Waals surface area contributed by atoms with Crippen molar-refractivity contribution >= 4 is 46.6 Å². The van der Waals surface area contributed by atoms with Crippen molar-refractivity contribution in [1.29, 1.82) is 0 Å². The van der Waals surface area contributed by atoms with Crippen LogP contribution in [0.1, 0.15) is 0 Å². The number of amides is 6. The van der Waals surface area contributed by atoms with E-state index in [9.17, 15) is 19.2 Å². The molecule has 1 rings (SSSR count). The molecule has 0 saturated carbocycles. The summed E-state index contributed by atoms with van der Waals surface area (Å²) in [5.74, 6) is 0. The molecule has 0 atom stereocenters. The van der Waals surface area contributed by atoms with E-state index in [1.54, 1.807) is 12.1 Å². The van der Waals surface area contributed by atoms with E-state index < -0.39 is 24.2 Å². The van der Waals surface area contributed by atoms with Crippen molar-refractivity contribution in [3.05, 3.63) is 24.3 Å². The van der Waals surface area contributed by atoms with Crippen LogP contribution in [0, 0.1) is 0 Å². The molecule has 0 saturated heterocycles. The third-order valence-corrected chi connectivity index (χ3v) is 2.23. The van der Waals surface area contributed by atoms with E-state index in [1.807, 2.05) is 10.6 Å². The second-order valence-electron chi connectivity index (χ2n) is 3.69. The molecule has 0 aliphatic heterocycles. The van der Waals surface area contributed by atoms with E-state index in [2.05, 4.69) is 20.1 Å². The molecule has 0 radical (unpaired) electrons. The van der Waals surface area contributed by atoms with Gasteiger partial charge in [-0.25, -0.2) is 29.8 Å². The average molecular weight is 342 g/mol. The minimum atomic E-state index is -0.939. The van der Waals surface area contributed by atoms with Crippen LogP contribution in [0.25, 0.3) is 0 Å². The molecule has 0 aliphatic rings. The number of para-hydroxylation sites is 2. The molecule has 0 spiro atoms. The zero-order valence-electron chi connectivity index (χ0n) is 11.8. The second-order valence-corrected chi connectivity index (χ2v) is 3.69. The van der Waals surface area contributed by atoms with Gasteiger partial charge in [0.25, 0.3) is 0 Å². The van der Waals surface area contributed by atoms with Crippen molar-refractivity contribution in [2.45, 2.75) is 0 Å². The van der Waals surface area contributed by atoms with Gasteiger partial charge in [-0.15, -0.1) is 0 Å². The molecule has 23 heavy (non-hydrogen) atoms. The molecule has 6 amide bonds. The lowest BCUT2D eigenvalue weighted by Gasteiger charge is -2.12. The van der Waals surface area contributed by atoms with Crippen LogP contribution in [0.5, 0.6) is 0 Å². The number of hydrogen-bond donors (Lipinski definition) is 4. The van der Waals surface area contributed by atoms with E-state index in [4.69, 9.17) is 0 Å². The van der Waals surface area contributed by atoms with Gasteiger partial charge in [0.15, 0.2) is 0 Å². The van der Waals surface area contributed by atoms with Crippen LogP contribution < -0.4 is 21.3 Å². The van der Waals surface area contributed by atoms with E-state index in [-0.39, 0.29) is 22.3 Å². The van der Waals surface area contributed by atoms with Gasteiger partial charge in [-0.1, -0.05) is 12.1 Å². The van der Waals surface area contributed by atoms with Crippen molar-refractivity contribution in [1.82, 2.24) is 10.6 Å². The molecular weight excluding hydrogens is 324 g/mol. The van der Waals surface area contributed by atoms with E-state index >= 15 is 0 Å². The lowest BCUT2D eigenvalue weighted by Crippen LogP contribution is -2.36. The van der Waals surface area contributed by atoms with Crippen LogP contribution in [0.3, 0.4) is 0 Å². The number of hydrogen-bond acceptors (Lipinski definition) is 6. The van der Waals surface area contributed by atoms with Gasteiger partial charge in [0.1, 0.15) is 0 Å². The van der Waals surface area contributed by atoms with Gasteiger partial charge in [-0.3, -0.25) is 0 Å². The Labute approximate surface area is 135 Å². The number of carbonyl (C=O) groups is 4. The number of imide groups is 2. The fourth-order valence-electron chi connectivity index (χ4n) is 1.30. The lowest BCUT2D eigenvalue weighted by molar-refractivity contribution is 0.170. The summed E-state index contributed by atoms with van der Waals surface area (Å²) in [5, 5.41) is 8.45. The molecule has 0 heterocycles. The number of methoxy groups -OCH3 is 2. The normalized spacial score (nSPS) is 8.78. The van der Waals surface area contributed by atoms with Crippen LogP contribution >= 0.6 is 0 Å². The maximum absolute atomic E-state index is 11.5. The minimum absolute atomic E-state index is 0. The first kappa shape index (κ1) is 19.9. The number of urea groups is 2. The van der Waals surface area contributed by atoms with Crippen LogP contribution in [0.2, 0.25) is 0 Å². The quantitative estimate of drug-likeness (QED) is 0.559. The Morgan fingerprint density at radius 2 is 1.13 bits per heavy atom. The zero-order chi connectivity index (χ0) is 16.5. The first-order chi connectivity index (χ1) is 10.5. The number of benzene rings is 1. The zero-order valence-corrected chi connectivity index (χ0v) is 11.8. The molecule has 126 valence electrons. The highest BCUT2D eigenvalue weighted by atomic mass is 28.1. The lowest BCUT2D eigenvalue weighted by atomic mass is 10.2. The predicted molar refractivity (Wildman–Crippen MR) is 86.9 cm³/mol. The molecule has 0 fully saturated rings. The Hall–Kier alpha value is -3.08. The summed E-state index contributed by atoms with van der Waals surface area (Å²) in [5.41, 5.74) is 0.396. The summed E-state index contributed by atoms with van der Waals surface area (Å²) in [6.45, 7) is 0. The van der Waals surface area contributed by atoms with Gasteiger partial charge in [-0.05, 0) is 23.1 Å². The summed E-state index contributed by atoms with van der Waals surface area (Å²) in [7, 11) is 2.21. The van der Waals surface area contributed by atoms with E-state index in [1.165, 1.54) is 12.1 Å². The number of carbonyl (C=O) groups excluding carboxylic acids is 4. The number of nitrogens with one attached hydrogen (secondary N) is 4. The highest BCUT2D eigenvalue weighted by Crippen LogP contribution is 2.20. The van der Waals surface area contributed by atoms with Crippen molar-refractivity contribution in [3.63, 3.8) is 0 Å². The molecule has 0 bridgehead atoms. The van der Waals surface area contributed by atoms with E-state index in [0.717, 1.165) is 14.2 Å². The molecule has 4 N–H and O–H groups in total. The van der Waals surface area contributed by atoms with Gasteiger partial charge in [0.05, 0.1) is 25.6 Å². The van der Waals surface area contributed by atoms with Crippen molar-refractivity contribution < 1.29 is 28.7 Å². The van der Waals surface area contributed by atoms with Gasteiger partial charge in [-0.2, -0.15) is 0 Å². The van der Waals surface area contributed by atoms with Crippen molar-refractivity contribution in [3.8, 4) is 0 Å². The van der Waals surface area contributed by atoms with Crippen LogP contribution in [0.15, 0.2) is 24.3 Å². The fraction of sp³-hybridized carbons (Fsp3) is 0.167. The molecule has 0 unspecified atom stereocenters. The summed E-state index contributed by atoms with van der Waals surface area (Å²) >= 11 is 0. The third kappa shape index (κ3) is 6.95. The maximum atomic E-state index is 11.5. The monoisotopic (exact) mass is 342 g/mol. The highest BCUT2D eigenvalue weighted by Gasteiger charge is 2.12. The Morgan fingerprint density at radius 3 is 1.43 bits per heavy atom. The molecule has 10 nitrogen and oxygen atoms in total. The molecule has 0 aliphatic carbocycles. The largest absolute Gasteiger partial charge is 0.453 e. The first-order valence-corrected chi connectivity index (χ1v) is 5.87. The molecule has 0 aromatic heterocycles. The Bertz CT molecular complexity index is 544. The van der Waals surface area contributed by atoms with Gasteiger partial charge >= 0.3 is 24.2 Å². The van der Waals surface area contributed by atoms with E-state index in [0.29, 0.717) is 0 Å². The van der Waals surface area contributed by atoms with Gasteiger partial charge in [0.2, 0.25) is 0 Å². The summed E-state index contributed by atoms with van der Waals surface area (Å²) in [4.78, 5) is 44.8. The SMILES string of the molecule is COC(=O)NC(=O)Nc1ccccc1NC(=O)NC(=O)OC.[SiH4]. The molecule has 1 aromatic carbocycles. The summed E-state index contributed by atoms with van der Waals surface area (Å²) in [6, 6.07) is 4.44. The fourth-order valence-corrected chi connectivity index (χ4v) is 1.30. The molecular formula is C12H18N4O6Si. The summed E-state index contributed by atoms with van der Waals surface area (Å²) in [6.07, 6.45) is -1.88. The standard InChI is InChI=1S/C12H14N4O6.H4Si/c1-21-11(19)15-9(17)13-7-5-3-4-6-8(7)14-10(18)16-12(20)22-2;/h3-6H,1-2H3,(H2,13,15,17,19)(H2,14,16,18,20);1H4. The van der Waals surface area contributed by atoms with Crippen LogP contribution in [-0.4, -0.2) is 49.4 Å². The smallest absolute Gasteiger partial charge is 0.415 e. The third-order valence-electron chi connectivity index (χ3n) is 2.23. The Kier molecular flexibility index (Phi) is 8.47. The molecule has 1 aromatic rings. The first-order valence-electron chi connectivity index (χ1n) is 5.87. The number of ether oxygens (including phenoxy) is 2. The average Bonchev–Trinajstić information content (AvgIpc) is 2.48. The highest BCUT2D eigenvalue weighted by molar-refractivity contribution is 6.04. The van der Waals surface area contributed by atoms with Crippen molar-refractivity contribution in [2.75, 3.05) is 24.9 Å². The summed E-state index contributed by atoms with van der Waals surface area (Å²) < 4.78 is 8.53. The topological polar surface area (TPSA) is 135 Å². The van der Waals surface area contributed by atoms with Gasteiger partial charge < -0.3 is 20.1 Å². The minimum Gasteiger partial charge on any atom is -0.453 e. The number of alkyl carbamates (subject to hydrolysis) is 2. The second kappa shape index (κ2) is 9.78. The van der Waals surface area contributed by atoms with Crippen LogP contribution in [0.4, 0.5) is 30.6 Å². The van der Waals surface area contributed by atoms with Crippen LogP contribution in [-0.2, 0) is 9.47 Å².